The van der Waals surface area contributed by atoms with Crippen molar-refractivity contribution in [3.8, 4) is 0 Å². The summed E-state index contributed by atoms with van der Waals surface area (Å²) >= 11 is 0. The van der Waals surface area contributed by atoms with Crippen LogP contribution < -0.4 is 5.32 Å². The van der Waals surface area contributed by atoms with Crippen molar-refractivity contribution in [3.05, 3.63) is 29.8 Å². The summed E-state index contributed by atoms with van der Waals surface area (Å²) in [4.78, 5) is 14.7. The van der Waals surface area contributed by atoms with E-state index < -0.39 is 12.6 Å². The van der Waals surface area contributed by atoms with E-state index in [4.69, 9.17) is 4.74 Å². The minimum atomic E-state index is -4.32. The van der Waals surface area contributed by atoms with Crippen molar-refractivity contribution in [2.75, 3.05) is 18.5 Å². The smallest absolute Gasteiger partial charge is 0.376 e. The molecule has 2 amide bonds. The Balaban J connectivity index is 1.72. The molecule has 0 unspecified atom stereocenters. The van der Waals surface area contributed by atoms with Crippen molar-refractivity contribution in [1.82, 2.24) is 4.90 Å². The second-order valence-corrected chi connectivity index (χ2v) is 7.10. The Bertz CT molecular complexity index is 609. The number of halogens is 3. The molecule has 26 heavy (non-hydrogen) atoms. The lowest BCUT2D eigenvalue weighted by molar-refractivity contribution is -0.127. The molecule has 0 spiro atoms. The number of carbonyl (C=O) groups excluding carboxylic acids is 1. The van der Waals surface area contributed by atoms with Gasteiger partial charge in [-0.25, -0.2) is 4.79 Å². The maximum atomic E-state index is 12.9. The van der Waals surface area contributed by atoms with Crippen LogP contribution >= 0.6 is 0 Å². The van der Waals surface area contributed by atoms with E-state index in [-0.39, 0.29) is 29.4 Å². The fourth-order valence-corrected chi connectivity index (χ4v) is 3.82. The molecular weight excluding hydrogens is 345 g/mol. The summed E-state index contributed by atoms with van der Waals surface area (Å²) in [6, 6.07) is 5.92. The van der Waals surface area contributed by atoms with E-state index in [1.807, 2.05) is 0 Å². The number of anilines is 1. The predicted molar refractivity (Wildman–Crippen MR) is 93.2 cm³/mol. The van der Waals surface area contributed by atoms with Crippen molar-refractivity contribution in [1.29, 1.82) is 0 Å². The van der Waals surface area contributed by atoms with E-state index in [9.17, 15) is 18.0 Å². The van der Waals surface area contributed by atoms with Crippen LogP contribution in [0.15, 0.2) is 24.3 Å². The standard InChI is InChI=1S/C19H25F3N2O2/c20-19(21,22)12-14-6-1-4-10-17(14)23-18(25)24(15-7-2-3-8-15)13-16-9-5-11-26-16/h1,4,6,10,15-16H,2-3,5,7-9,11-13H2,(H,23,25)/t16-/m1/s1. The molecule has 1 atom stereocenters. The number of carbonyl (C=O) groups is 1. The lowest BCUT2D eigenvalue weighted by atomic mass is 10.1. The third kappa shape index (κ3) is 5.13. The monoisotopic (exact) mass is 370 g/mol. The molecule has 7 heteroatoms. The number of urea groups is 1. The second-order valence-electron chi connectivity index (χ2n) is 7.10. The first-order valence-electron chi connectivity index (χ1n) is 9.26. The van der Waals surface area contributed by atoms with Gasteiger partial charge in [-0.3, -0.25) is 0 Å². The molecule has 1 N–H and O–H groups in total. The van der Waals surface area contributed by atoms with Crippen LogP contribution in [0, 0.1) is 0 Å². The quantitative estimate of drug-likeness (QED) is 0.813. The maximum absolute atomic E-state index is 12.9. The van der Waals surface area contributed by atoms with Crippen LogP contribution in [0.4, 0.5) is 23.7 Å². The van der Waals surface area contributed by atoms with Gasteiger partial charge in [0.1, 0.15) is 0 Å². The minimum absolute atomic E-state index is 0.0202. The van der Waals surface area contributed by atoms with Gasteiger partial charge in [0.15, 0.2) is 0 Å². The number of amides is 2. The van der Waals surface area contributed by atoms with Crippen molar-refractivity contribution in [2.45, 2.75) is 63.3 Å². The van der Waals surface area contributed by atoms with Gasteiger partial charge in [0.05, 0.1) is 12.5 Å². The van der Waals surface area contributed by atoms with Gasteiger partial charge in [0.2, 0.25) is 0 Å². The van der Waals surface area contributed by atoms with Crippen LogP contribution in [0.2, 0.25) is 0 Å². The van der Waals surface area contributed by atoms with Crippen LogP contribution in [0.5, 0.6) is 0 Å². The zero-order chi connectivity index (χ0) is 18.6. The summed E-state index contributed by atoms with van der Waals surface area (Å²) in [5.41, 5.74) is 0.307. The first-order chi connectivity index (χ1) is 12.4. The fraction of sp³-hybridized carbons (Fsp3) is 0.632. The van der Waals surface area contributed by atoms with Gasteiger partial charge >= 0.3 is 12.2 Å². The third-order valence-electron chi connectivity index (χ3n) is 5.10. The molecule has 1 aromatic carbocycles. The largest absolute Gasteiger partial charge is 0.393 e. The molecular formula is C19H25F3N2O2. The molecule has 1 aliphatic heterocycles. The van der Waals surface area contributed by atoms with E-state index in [1.54, 1.807) is 17.0 Å². The zero-order valence-electron chi connectivity index (χ0n) is 14.7. The number of rotatable bonds is 5. The predicted octanol–water partition coefficient (Wildman–Crippen LogP) is 4.75. The molecule has 1 saturated carbocycles. The highest BCUT2D eigenvalue weighted by Gasteiger charge is 2.32. The van der Waals surface area contributed by atoms with Crippen molar-refractivity contribution < 1.29 is 22.7 Å². The Morgan fingerprint density at radius 2 is 1.88 bits per heavy atom. The number of hydrogen-bond acceptors (Lipinski definition) is 2. The summed E-state index contributed by atoms with van der Waals surface area (Å²) in [6.45, 7) is 1.21. The number of hydrogen-bond donors (Lipinski definition) is 1. The normalized spacial score (nSPS) is 21.1. The van der Waals surface area contributed by atoms with E-state index in [2.05, 4.69) is 5.32 Å². The van der Waals surface area contributed by atoms with Gasteiger partial charge in [-0.05, 0) is 37.3 Å². The van der Waals surface area contributed by atoms with Gasteiger partial charge in [0.25, 0.3) is 0 Å². The number of ether oxygens (including phenoxy) is 1. The maximum Gasteiger partial charge on any atom is 0.393 e. The molecule has 144 valence electrons. The van der Waals surface area contributed by atoms with E-state index >= 15 is 0 Å². The first kappa shape index (κ1) is 19.0. The highest BCUT2D eigenvalue weighted by Crippen LogP contribution is 2.29. The topological polar surface area (TPSA) is 41.6 Å². The summed E-state index contributed by atoms with van der Waals surface area (Å²) in [6.07, 6.45) is 0.568. The highest BCUT2D eigenvalue weighted by molar-refractivity contribution is 5.90. The summed E-state index contributed by atoms with van der Waals surface area (Å²) in [5, 5.41) is 2.72. The number of benzene rings is 1. The van der Waals surface area contributed by atoms with Crippen LogP contribution in [0.3, 0.4) is 0 Å². The van der Waals surface area contributed by atoms with Crippen LogP contribution in [0.25, 0.3) is 0 Å². The van der Waals surface area contributed by atoms with Gasteiger partial charge in [-0.15, -0.1) is 0 Å². The summed E-state index contributed by atoms with van der Waals surface area (Å²) < 4.78 is 44.0. The average molecular weight is 370 g/mol. The second kappa shape index (κ2) is 8.29. The van der Waals surface area contributed by atoms with Crippen molar-refractivity contribution >= 4 is 11.7 Å². The molecule has 2 aliphatic rings. The fourth-order valence-electron chi connectivity index (χ4n) is 3.82. The lowest BCUT2D eigenvalue weighted by Gasteiger charge is -2.31. The van der Waals surface area contributed by atoms with E-state index in [1.165, 1.54) is 12.1 Å². The van der Waals surface area contributed by atoms with Gasteiger partial charge in [0, 0.05) is 24.9 Å². The molecule has 1 heterocycles. The lowest BCUT2D eigenvalue weighted by Crippen LogP contribution is -2.45. The molecule has 1 aliphatic carbocycles. The molecule has 1 aromatic rings. The number of nitrogens with zero attached hydrogens (tertiary/aromatic N) is 1. The average Bonchev–Trinajstić information content (AvgIpc) is 3.26. The van der Waals surface area contributed by atoms with E-state index in [0.29, 0.717) is 13.2 Å². The SMILES string of the molecule is O=C(Nc1ccccc1CC(F)(F)F)N(C[C@H]1CCCO1)C1CCCC1. The molecule has 4 nitrogen and oxygen atoms in total. The van der Waals surface area contributed by atoms with Crippen molar-refractivity contribution in [2.24, 2.45) is 0 Å². The summed E-state index contributed by atoms with van der Waals surface area (Å²) in [5.74, 6) is 0. The van der Waals surface area contributed by atoms with Crippen molar-refractivity contribution in [3.63, 3.8) is 0 Å². The Morgan fingerprint density at radius 1 is 1.15 bits per heavy atom. The third-order valence-corrected chi connectivity index (χ3v) is 5.10. The molecule has 0 bridgehead atoms. The Morgan fingerprint density at radius 3 is 2.54 bits per heavy atom. The molecule has 3 rings (SSSR count). The summed E-state index contributed by atoms with van der Waals surface area (Å²) in [7, 11) is 0. The number of alkyl halides is 3. The molecule has 0 radical (unpaired) electrons. The molecule has 2 fully saturated rings. The van der Waals surface area contributed by atoms with Crippen LogP contribution in [-0.2, 0) is 11.2 Å². The first-order valence-corrected chi connectivity index (χ1v) is 9.26. The molecule has 0 aromatic heterocycles. The van der Waals surface area contributed by atoms with Crippen LogP contribution in [0.1, 0.15) is 44.1 Å². The zero-order valence-corrected chi connectivity index (χ0v) is 14.7. The Kier molecular flexibility index (Phi) is 6.06. The van der Waals surface area contributed by atoms with E-state index in [0.717, 1.165) is 38.5 Å². The Hall–Kier alpha value is -1.76. The Labute approximate surface area is 151 Å². The van der Waals surface area contributed by atoms with Gasteiger partial charge in [-0.1, -0.05) is 31.0 Å². The number of nitrogens with one attached hydrogen (secondary N) is 1. The van der Waals surface area contributed by atoms with Crippen LogP contribution in [-0.4, -0.2) is 42.4 Å². The van der Waals surface area contributed by atoms with Gasteiger partial charge in [-0.2, -0.15) is 13.2 Å². The highest BCUT2D eigenvalue weighted by atomic mass is 19.4. The molecule has 1 saturated heterocycles. The van der Waals surface area contributed by atoms with Gasteiger partial charge < -0.3 is 15.0 Å². The minimum Gasteiger partial charge on any atom is -0.376 e. The number of para-hydroxylation sites is 1.